The second kappa shape index (κ2) is 4.07. The van der Waals surface area contributed by atoms with Crippen molar-refractivity contribution >= 4 is 23.2 Å². The highest BCUT2D eigenvalue weighted by Crippen LogP contribution is 2.32. The molecule has 1 aromatic rings. The van der Waals surface area contributed by atoms with E-state index in [9.17, 15) is 8.78 Å². The summed E-state index contributed by atoms with van der Waals surface area (Å²) in [6.07, 6.45) is -2.69. The molecule has 0 radical (unpaired) electrons. The SMILES string of the molecule is COc1cc(C(F)F)c(Cl)nc1Cl. The zero-order chi connectivity index (χ0) is 10.0. The number of pyridine rings is 1. The van der Waals surface area contributed by atoms with Crippen molar-refractivity contribution < 1.29 is 13.5 Å². The molecule has 1 heterocycles. The van der Waals surface area contributed by atoms with Crippen LogP contribution in [-0.2, 0) is 0 Å². The van der Waals surface area contributed by atoms with Gasteiger partial charge < -0.3 is 4.74 Å². The van der Waals surface area contributed by atoms with E-state index >= 15 is 0 Å². The Kier molecular flexibility index (Phi) is 3.27. The van der Waals surface area contributed by atoms with Gasteiger partial charge in [0, 0.05) is 0 Å². The minimum atomic E-state index is -2.69. The lowest BCUT2D eigenvalue weighted by molar-refractivity contribution is 0.150. The van der Waals surface area contributed by atoms with Crippen LogP contribution in [0.15, 0.2) is 6.07 Å². The maximum atomic E-state index is 12.3. The Labute approximate surface area is 83.4 Å². The van der Waals surface area contributed by atoms with E-state index in [0.29, 0.717) is 0 Å². The van der Waals surface area contributed by atoms with Gasteiger partial charge >= 0.3 is 0 Å². The highest BCUT2D eigenvalue weighted by molar-refractivity contribution is 6.33. The predicted octanol–water partition coefficient (Wildman–Crippen LogP) is 3.33. The first kappa shape index (κ1) is 10.5. The Balaban J connectivity index is 3.22. The Morgan fingerprint density at radius 1 is 1.38 bits per heavy atom. The molecular weight excluding hydrogens is 223 g/mol. The molecule has 2 nitrogen and oxygen atoms in total. The highest BCUT2D eigenvalue weighted by atomic mass is 35.5. The van der Waals surface area contributed by atoms with Crippen molar-refractivity contribution in [1.29, 1.82) is 0 Å². The minimum absolute atomic E-state index is 0.0306. The number of alkyl halides is 2. The molecule has 0 amide bonds. The standard InChI is InChI=1S/C7H5Cl2F2NO/c1-13-4-2-3(7(10)11)5(8)12-6(4)9/h2,7H,1H3. The van der Waals surface area contributed by atoms with Gasteiger partial charge in [-0.2, -0.15) is 0 Å². The van der Waals surface area contributed by atoms with E-state index < -0.39 is 6.43 Å². The zero-order valence-corrected chi connectivity index (χ0v) is 8.03. The van der Waals surface area contributed by atoms with Gasteiger partial charge in [-0.25, -0.2) is 13.8 Å². The molecule has 1 aromatic heterocycles. The van der Waals surface area contributed by atoms with Crippen LogP contribution >= 0.6 is 23.2 Å². The first-order valence-electron chi connectivity index (χ1n) is 3.24. The summed E-state index contributed by atoms with van der Waals surface area (Å²) in [4.78, 5) is 3.49. The third-order valence-corrected chi connectivity index (χ3v) is 1.95. The molecule has 0 saturated heterocycles. The molecule has 0 saturated carbocycles. The Morgan fingerprint density at radius 2 is 2.00 bits per heavy atom. The fraction of sp³-hybridized carbons (Fsp3) is 0.286. The first-order chi connectivity index (χ1) is 6.06. The lowest BCUT2D eigenvalue weighted by Crippen LogP contribution is -1.93. The molecule has 0 N–H and O–H groups in total. The van der Waals surface area contributed by atoms with Gasteiger partial charge in [0.1, 0.15) is 5.15 Å². The van der Waals surface area contributed by atoms with E-state index in [0.717, 1.165) is 6.07 Å². The molecule has 0 atom stereocenters. The molecule has 0 unspecified atom stereocenters. The molecule has 0 aliphatic rings. The molecule has 6 heteroatoms. The first-order valence-corrected chi connectivity index (χ1v) is 4.00. The summed E-state index contributed by atoms with van der Waals surface area (Å²) in [7, 11) is 1.31. The summed E-state index contributed by atoms with van der Waals surface area (Å²) in [5.74, 6) is 0.0846. The molecule has 0 spiro atoms. The van der Waals surface area contributed by atoms with Crippen molar-refractivity contribution in [1.82, 2.24) is 4.98 Å². The van der Waals surface area contributed by atoms with Crippen LogP contribution in [0.25, 0.3) is 0 Å². The van der Waals surface area contributed by atoms with Crippen LogP contribution in [0.5, 0.6) is 5.75 Å². The number of methoxy groups -OCH3 is 1. The number of hydrogen-bond acceptors (Lipinski definition) is 2. The Hall–Kier alpha value is -0.610. The average Bonchev–Trinajstić information content (AvgIpc) is 2.03. The molecule has 72 valence electrons. The van der Waals surface area contributed by atoms with E-state index in [1.54, 1.807) is 0 Å². The second-order valence-corrected chi connectivity index (χ2v) is 2.88. The smallest absolute Gasteiger partial charge is 0.266 e. The topological polar surface area (TPSA) is 22.1 Å². The van der Waals surface area contributed by atoms with E-state index in [2.05, 4.69) is 4.98 Å². The predicted molar refractivity (Wildman–Crippen MR) is 45.8 cm³/mol. The van der Waals surface area contributed by atoms with Crippen molar-refractivity contribution in [2.75, 3.05) is 7.11 Å². The van der Waals surface area contributed by atoms with E-state index in [1.165, 1.54) is 7.11 Å². The van der Waals surface area contributed by atoms with Crippen LogP contribution in [0.4, 0.5) is 8.78 Å². The number of hydrogen-bond donors (Lipinski definition) is 0. The highest BCUT2D eigenvalue weighted by Gasteiger charge is 2.16. The van der Waals surface area contributed by atoms with Crippen molar-refractivity contribution in [3.05, 3.63) is 21.9 Å². The van der Waals surface area contributed by atoms with Crippen LogP contribution < -0.4 is 4.74 Å². The molecule has 0 aromatic carbocycles. The van der Waals surface area contributed by atoms with Crippen molar-refractivity contribution in [2.24, 2.45) is 0 Å². The van der Waals surface area contributed by atoms with Gasteiger partial charge in [0.15, 0.2) is 10.9 Å². The monoisotopic (exact) mass is 227 g/mol. The summed E-state index contributed by atoms with van der Waals surface area (Å²) < 4.78 is 29.2. The van der Waals surface area contributed by atoms with Crippen molar-refractivity contribution in [2.45, 2.75) is 6.43 Å². The van der Waals surface area contributed by atoms with Gasteiger partial charge in [-0.1, -0.05) is 23.2 Å². The van der Waals surface area contributed by atoms with Gasteiger partial charge in [-0.05, 0) is 6.07 Å². The quantitative estimate of drug-likeness (QED) is 0.724. The fourth-order valence-electron chi connectivity index (χ4n) is 0.762. The minimum Gasteiger partial charge on any atom is -0.494 e. The summed E-state index contributed by atoms with van der Waals surface area (Å²) >= 11 is 11.0. The molecule has 13 heavy (non-hydrogen) atoms. The number of halogens is 4. The van der Waals surface area contributed by atoms with E-state index in [-0.39, 0.29) is 21.6 Å². The van der Waals surface area contributed by atoms with Crippen LogP contribution in [-0.4, -0.2) is 12.1 Å². The number of nitrogens with zero attached hydrogens (tertiary/aromatic N) is 1. The lowest BCUT2D eigenvalue weighted by atomic mass is 10.3. The molecule has 1 rings (SSSR count). The largest absolute Gasteiger partial charge is 0.494 e. The van der Waals surface area contributed by atoms with Gasteiger partial charge in [-0.15, -0.1) is 0 Å². The zero-order valence-electron chi connectivity index (χ0n) is 6.52. The van der Waals surface area contributed by atoms with Gasteiger partial charge in [0.25, 0.3) is 6.43 Å². The normalized spacial score (nSPS) is 10.6. The summed E-state index contributed by atoms with van der Waals surface area (Å²) in [6, 6.07) is 1.07. The number of ether oxygens (including phenoxy) is 1. The third kappa shape index (κ3) is 2.19. The third-order valence-electron chi connectivity index (χ3n) is 1.38. The maximum absolute atomic E-state index is 12.3. The number of aromatic nitrogens is 1. The average molecular weight is 228 g/mol. The van der Waals surface area contributed by atoms with Crippen LogP contribution in [0, 0.1) is 0 Å². The number of rotatable bonds is 2. The molecule has 0 aliphatic carbocycles. The summed E-state index contributed by atoms with van der Waals surface area (Å²) in [5.41, 5.74) is -0.386. The van der Waals surface area contributed by atoms with Crippen LogP contribution in [0.2, 0.25) is 10.3 Å². The van der Waals surface area contributed by atoms with Gasteiger partial charge in [0.05, 0.1) is 12.7 Å². The second-order valence-electron chi connectivity index (χ2n) is 2.16. The van der Waals surface area contributed by atoms with Crippen LogP contribution in [0.1, 0.15) is 12.0 Å². The van der Waals surface area contributed by atoms with Gasteiger partial charge in [-0.3, -0.25) is 0 Å². The molecule has 0 fully saturated rings. The van der Waals surface area contributed by atoms with Crippen molar-refractivity contribution in [3.63, 3.8) is 0 Å². The maximum Gasteiger partial charge on any atom is 0.266 e. The molecular formula is C7H5Cl2F2NO. The lowest BCUT2D eigenvalue weighted by Gasteiger charge is -2.06. The van der Waals surface area contributed by atoms with E-state index in [1.807, 2.05) is 0 Å². The molecule has 0 bridgehead atoms. The summed E-state index contributed by atoms with van der Waals surface area (Å²) in [5, 5.41) is -0.335. The Morgan fingerprint density at radius 3 is 2.46 bits per heavy atom. The Bertz CT molecular complexity index is 320. The molecule has 0 aliphatic heterocycles. The van der Waals surface area contributed by atoms with Crippen LogP contribution in [0.3, 0.4) is 0 Å². The van der Waals surface area contributed by atoms with E-state index in [4.69, 9.17) is 27.9 Å². The summed E-state index contributed by atoms with van der Waals surface area (Å²) in [6.45, 7) is 0. The van der Waals surface area contributed by atoms with Gasteiger partial charge in [0.2, 0.25) is 0 Å². The fourth-order valence-corrected chi connectivity index (χ4v) is 1.24. The van der Waals surface area contributed by atoms with Crippen molar-refractivity contribution in [3.8, 4) is 5.75 Å².